The van der Waals surface area contributed by atoms with Crippen molar-refractivity contribution in [3.8, 4) is 0 Å². The Morgan fingerprint density at radius 1 is 1.40 bits per heavy atom. The van der Waals surface area contributed by atoms with E-state index in [4.69, 9.17) is 0 Å². The Morgan fingerprint density at radius 3 is 2.67 bits per heavy atom. The largest absolute Gasteiger partial charge is 0.314 e. The lowest BCUT2D eigenvalue weighted by molar-refractivity contribution is 0.172. The predicted octanol–water partition coefficient (Wildman–Crippen LogP) is 2.41. The van der Waals surface area contributed by atoms with Crippen LogP contribution < -0.4 is 5.32 Å². The number of nitrogens with one attached hydrogen (secondary N) is 1. The summed E-state index contributed by atoms with van der Waals surface area (Å²) in [5.41, 5.74) is 0. The number of rotatable bonds is 3. The van der Waals surface area contributed by atoms with Gasteiger partial charge in [0.15, 0.2) is 0 Å². The van der Waals surface area contributed by atoms with Gasteiger partial charge in [0, 0.05) is 42.0 Å². The van der Waals surface area contributed by atoms with Gasteiger partial charge in [0.05, 0.1) is 0 Å². The number of hydrogen-bond donors (Lipinski definition) is 1. The summed E-state index contributed by atoms with van der Waals surface area (Å²) >= 11 is 1.95. The Balaban J connectivity index is 2.08. The van der Waals surface area contributed by atoms with Gasteiger partial charge in [0.1, 0.15) is 0 Å². The van der Waals surface area contributed by atoms with Crippen molar-refractivity contribution in [2.24, 2.45) is 0 Å². The third-order valence-electron chi connectivity index (χ3n) is 3.07. The zero-order valence-corrected chi connectivity index (χ0v) is 10.4. The van der Waals surface area contributed by atoms with E-state index in [0.29, 0.717) is 6.04 Å². The zero-order chi connectivity index (χ0) is 10.7. The van der Waals surface area contributed by atoms with E-state index < -0.39 is 0 Å². The normalized spacial score (nSPS) is 20.4. The summed E-state index contributed by atoms with van der Waals surface area (Å²) in [4.78, 5) is 5.58. The van der Waals surface area contributed by atoms with Gasteiger partial charge in [-0.3, -0.25) is 4.90 Å². The van der Waals surface area contributed by atoms with Gasteiger partial charge in [0.2, 0.25) is 0 Å². The zero-order valence-electron chi connectivity index (χ0n) is 9.62. The molecular weight excluding hydrogens is 204 g/mol. The van der Waals surface area contributed by atoms with Crippen molar-refractivity contribution in [1.29, 1.82) is 0 Å². The molecule has 1 atom stereocenters. The van der Waals surface area contributed by atoms with Gasteiger partial charge in [-0.1, -0.05) is 6.92 Å². The molecule has 1 aromatic rings. The molecule has 0 amide bonds. The molecule has 0 unspecified atom stereocenters. The summed E-state index contributed by atoms with van der Waals surface area (Å²) in [5.74, 6) is 0. The fourth-order valence-electron chi connectivity index (χ4n) is 2.27. The molecule has 0 aliphatic carbocycles. The minimum atomic E-state index is 0.644. The lowest BCUT2D eigenvalue weighted by atomic mass is 10.1. The summed E-state index contributed by atoms with van der Waals surface area (Å²) in [6.07, 6.45) is 1.22. The van der Waals surface area contributed by atoms with Gasteiger partial charge >= 0.3 is 0 Å². The van der Waals surface area contributed by atoms with E-state index in [1.54, 1.807) is 0 Å². The molecule has 0 aromatic carbocycles. The molecule has 1 fully saturated rings. The maximum absolute atomic E-state index is 3.41. The highest BCUT2D eigenvalue weighted by Crippen LogP contribution is 2.30. The van der Waals surface area contributed by atoms with Crippen molar-refractivity contribution in [3.63, 3.8) is 0 Å². The monoisotopic (exact) mass is 224 g/mol. The van der Waals surface area contributed by atoms with Crippen molar-refractivity contribution in [2.75, 3.05) is 26.2 Å². The predicted molar refractivity (Wildman–Crippen MR) is 66.5 cm³/mol. The van der Waals surface area contributed by atoms with Gasteiger partial charge in [-0.25, -0.2) is 0 Å². The smallest absolute Gasteiger partial charge is 0.0440 e. The van der Waals surface area contributed by atoms with Crippen molar-refractivity contribution in [3.05, 3.63) is 21.9 Å². The molecule has 0 bridgehead atoms. The number of nitrogens with zero attached hydrogens (tertiary/aromatic N) is 1. The molecule has 2 nitrogen and oxygen atoms in total. The molecule has 1 aromatic heterocycles. The molecule has 2 rings (SSSR count). The maximum Gasteiger partial charge on any atom is 0.0440 e. The van der Waals surface area contributed by atoms with E-state index in [-0.39, 0.29) is 0 Å². The minimum absolute atomic E-state index is 0.644. The average Bonchev–Trinajstić information content (AvgIpc) is 2.68. The van der Waals surface area contributed by atoms with Gasteiger partial charge < -0.3 is 5.32 Å². The van der Waals surface area contributed by atoms with Crippen molar-refractivity contribution in [1.82, 2.24) is 10.2 Å². The molecular formula is C12H20N2S. The van der Waals surface area contributed by atoms with E-state index in [9.17, 15) is 0 Å². The van der Waals surface area contributed by atoms with E-state index in [2.05, 4.69) is 36.2 Å². The van der Waals surface area contributed by atoms with Crippen LogP contribution in [0, 0.1) is 6.92 Å². The summed E-state index contributed by atoms with van der Waals surface area (Å²) in [6, 6.07) is 5.19. The molecule has 15 heavy (non-hydrogen) atoms. The second kappa shape index (κ2) is 5.10. The van der Waals surface area contributed by atoms with Crippen LogP contribution in [0.5, 0.6) is 0 Å². The van der Waals surface area contributed by atoms with E-state index >= 15 is 0 Å². The summed E-state index contributed by atoms with van der Waals surface area (Å²) in [7, 11) is 0. The fourth-order valence-corrected chi connectivity index (χ4v) is 3.36. The van der Waals surface area contributed by atoms with Crippen LogP contribution in [-0.4, -0.2) is 31.1 Å². The number of thiophene rings is 1. The number of aryl methyl sites for hydroxylation is 1. The first kappa shape index (κ1) is 11.1. The Bertz CT molecular complexity index is 302. The first-order chi connectivity index (χ1) is 7.31. The molecule has 3 heteroatoms. The third-order valence-corrected chi connectivity index (χ3v) is 4.17. The molecule has 0 radical (unpaired) electrons. The van der Waals surface area contributed by atoms with Gasteiger partial charge in [-0.2, -0.15) is 0 Å². The molecule has 0 saturated carbocycles. The highest BCUT2D eigenvalue weighted by molar-refractivity contribution is 7.12. The first-order valence-corrected chi connectivity index (χ1v) is 6.64. The van der Waals surface area contributed by atoms with Gasteiger partial charge in [0.25, 0.3) is 0 Å². The number of hydrogen-bond acceptors (Lipinski definition) is 3. The second-order valence-electron chi connectivity index (χ2n) is 4.16. The van der Waals surface area contributed by atoms with Crippen LogP contribution >= 0.6 is 11.3 Å². The lowest BCUT2D eigenvalue weighted by Gasteiger charge is -2.33. The van der Waals surface area contributed by atoms with Gasteiger partial charge in [-0.05, 0) is 25.5 Å². The molecule has 0 spiro atoms. The minimum Gasteiger partial charge on any atom is -0.314 e. The van der Waals surface area contributed by atoms with Crippen LogP contribution in [0.4, 0.5) is 0 Å². The van der Waals surface area contributed by atoms with Crippen LogP contribution in [0.25, 0.3) is 0 Å². The van der Waals surface area contributed by atoms with Gasteiger partial charge in [-0.15, -0.1) is 11.3 Å². The van der Waals surface area contributed by atoms with Crippen molar-refractivity contribution in [2.45, 2.75) is 26.3 Å². The summed E-state index contributed by atoms with van der Waals surface area (Å²) in [6.45, 7) is 9.15. The second-order valence-corrected chi connectivity index (χ2v) is 5.48. The van der Waals surface area contributed by atoms with Crippen LogP contribution in [0.2, 0.25) is 0 Å². The first-order valence-electron chi connectivity index (χ1n) is 5.82. The van der Waals surface area contributed by atoms with Crippen LogP contribution in [0.1, 0.15) is 29.1 Å². The highest BCUT2D eigenvalue weighted by atomic mass is 32.1. The van der Waals surface area contributed by atoms with Crippen LogP contribution in [-0.2, 0) is 0 Å². The Morgan fingerprint density at radius 2 is 2.13 bits per heavy atom. The number of piperazine rings is 1. The summed E-state index contributed by atoms with van der Waals surface area (Å²) < 4.78 is 0. The van der Waals surface area contributed by atoms with Crippen molar-refractivity contribution >= 4 is 11.3 Å². The summed E-state index contributed by atoms with van der Waals surface area (Å²) in [5, 5.41) is 3.41. The van der Waals surface area contributed by atoms with Crippen LogP contribution in [0.3, 0.4) is 0 Å². The van der Waals surface area contributed by atoms with E-state index in [1.807, 2.05) is 11.3 Å². The molecule has 2 heterocycles. The highest BCUT2D eigenvalue weighted by Gasteiger charge is 2.21. The maximum atomic E-state index is 3.41. The Hall–Kier alpha value is -0.380. The third kappa shape index (κ3) is 2.60. The molecule has 1 N–H and O–H groups in total. The van der Waals surface area contributed by atoms with Crippen molar-refractivity contribution < 1.29 is 0 Å². The molecule has 1 aliphatic rings. The average molecular weight is 224 g/mol. The van der Waals surface area contributed by atoms with E-state index in [0.717, 1.165) is 13.1 Å². The van der Waals surface area contributed by atoms with Crippen LogP contribution in [0.15, 0.2) is 12.1 Å². The fraction of sp³-hybridized carbons (Fsp3) is 0.667. The lowest BCUT2D eigenvalue weighted by Crippen LogP contribution is -2.44. The van der Waals surface area contributed by atoms with E-state index in [1.165, 1.54) is 29.3 Å². The molecule has 1 aliphatic heterocycles. The Kier molecular flexibility index (Phi) is 3.78. The molecule has 84 valence electrons. The SMILES string of the molecule is CC[C@@H](c1ccc(C)s1)N1CCNCC1. The standard InChI is InChI=1S/C12H20N2S/c1-3-11(12-5-4-10(2)15-12)14-8-6-13-7-9-14/h4-5,11,13H,3,6-9H2,1-2H3/t11-/m0/s1. The topological polar surface area (TPSA) is 15.3 Å². The Labute approximate surface area is 96.3 Å². The quantitative estimate of drug-likeness (QED) is 0.848. The molecule has 1 saturated heterocycles.